The van der Waals surface area contributed by atoms with Crippen molar-refractivity contribution in [2.75, 3.05) is 5.01 Å². The van der Waals surface area contributed by atoms with Crippen molar-refractivity contribution in [2.24, 2.45) is 0 Å². The average Bonchev–Trinajstić information content (AvgIpc) is 2.25. The predicted molar refractivity (Wildman–Crippen MR) is 48.7 cm³/mol. The zero-order valence-electron chi connectivity index (χ0n) is 7.82. The van der Waals surface area contributed by atoms with Gasteiger partial charge in [0.15, 0.2) is 6.19 Å². The zero-order chi connectivity index (χ0) is 12.2. The van der Waals surface area contributed by atoms with Gasteiger partial charge in [-0.25, -0.2) is 10.4 Å². The Morgan fingerprint density at radius 3 is 2.31 bits per heavy atom. The molecule has 0 aliphatic rings. The number of alkyl halides is 3. The van der Waals surface area contributed by atoms with E-state index >= 15 is 0 Å². The highest BCUT2D eigenvalue weighted by atomic mass is 19.4. The highest BCUT2D eigenvalue weighted by molar-refractivity contribution is 5.96. The van der Waals surface area contributed by atoms with Gasteiger partial charge in [-0.2, -0.15) is 18.4 Å². The van der Waals surface area contributed by atoms with Gasteiger partial charge in [-0.15, -0.1) is 0 Å². The van der Waals surface area contributed by atoms with E-state index in [0.717, 1.165) is 0 Å². The van der Waals surface area contributed by atoms with Gasteiger partial charge < -0.3 is 0 Å². The highest BCUT2D eigenvalue weighted by Crippen LogP contribution is 2.21. The van der Waals surface area contributed by atoms with Crippen molar-refractivity contribution in [2.45, 2.75) is 6.18 Å². The Morgan fingerprint density at radius 1 is 1.31 bits per heavy atom. The van der Waals surface area contributed by atoms with E-state index in [2.05, 4.69) is 0 Å². The summed E-state index contributed by atoms with van der Waals surface area (Å²) in [5, 5.41) is 8.43. The lowest BCUT2D eigenvalue weighted by atomic mass is 10.3. The molecule has 0 unspecified atom stereocenters. The molecule has 1 aromatic carbocycles. The second kappa shape index (κ2) is 4.53. The van der Waals surface area contributed by atoms with Gasteiger partial charge >= 0.3 is 12.1 Å². The predicted octanol–water partition coefficient (Wildman–Crippen LogP) is 1.57. The zero-order valence-corrected chi connectivity index (χ0v) is 7.82. The maximum Gasteiger partial charge on any atom is 0.473 e. The number of carbonyl (C=O) groups is 1. The molecular formula is C9H6F3N3O. The SMILES string of the molecule is N#CNN(C(=O)C(F)(F)F)c1ccccc1. The minimum Gasteiger partial charge on any atom is -0.262 e. The van der Waals surface area contributed by atoms with Crippen molar-refractivity contribution in [3.63, 3.8) is 0 Å². The molecule has 4 nitrogen and oxygen atoms in total. The summed E-state index contributed by atoms with van der Waals surface area (Å²) >= 11 is 0. The van der Waals surface area contributed by atoms with E-state index in [0.29, 0.717) is 0 Å². The Labute approximate surface area is 88.9 Å². The van der Waals surface area contributed by atoms with Crippen LogP contribution in [-0.4, -0.2) is 12.1 Å². The number of rotatable bonds is 2. The maximum atomic E-state index is 12.2. The molecule has 0 atom stereocenters. The van der Waals surface area contributed by atoms with Crippen LogP contribution in [0.15, 0.2) is 30.3 Å². The van der Waals surface area contributed by atoms with Gasteiger partial charge in [-0.05, 0) is 12.1 Å². The number of halogens is 3. The van der Waals surface area contributed by atoms with Crippen LogP contribution in [0.25, 0.3) is 0 Å². The normalized spacial score (nSPS) is 10.4. The standard InChI is InChI=1S/C9H6F3N3O/c10-9(11,12)8(16)15(14-6-13)7-4-2-1-3-5-7/h1-5,14H. The first-order valence-electron chi connectivity index (χ1n) is 4.08. The molecule has 1 amide bonds. The van der Waals surface area contributed by atoms with Gasteiger partial charge in [0.2, 0.25) is 0 Å². The maximum absolute atomic E-state index is 12.2. The van der Waals surface area contributed by atoms with E-state index in [4.69, 9.17) is 5.26 Å². The van der Waals surface area contributed by atoms with E-state index in [-0.39, 0.29) is 10.7 Å². The quantitative estimate of drug-likeness (QED) is 0.475. The molecule has 1 aromatic rings. The number of benzene rings is 1. The van der Waals surface area contributed by atoms with Crippen LogP contribution in [0.4, 0.5) is 18.9 Å². The molecule has 16 heavy (non-hydrogen) atoms. The van der Waals surface area contributed by atoms with Crippen LogP contribution in [-0.2, 0) is 4.79 Å². The first-order valence-corrected chi connectivity index (χ1v) is 4.08. The van der Waals surface area contributed by atoms with Gasteiger partial charge in [-0.3, -0.25) is 4.79 Å². The summed E-state index contributed by atoms with van der Waals surface area (Å²) in [7, 11) is 0. The number of nitrogens with zero attached hydrogens (tertiary/aromatic N) is 2. The number of amides is 1. The second-order valence-corrected chi connectivity index (χ2v) is 2.70. The average molecular weight is 229 g/mol. The molecule has 0 radical (unpaired) electrons. The summed E-state index contributed by atoms with van der Waals surface area (Å²) in [5.41, 5.74) is 1.61. The third-order valence-electron chi connectivity index (χ3n) is 1.62. The van der Waals surface area contributed by atoms with Crippen molar-refractivity contribution < 1.29 is 18.0 Å². The van der Waals surface area contributed by atoms with E-state index in [1.807, 2.05) is 0 Å². The Morgan fingerprint density at radius 2 is 1.88 bits per heavy atom. The van der Waals surface area contributed by atoms with Crippen molar-refractivity contribution in [1.29, 1.82) is 5.26 Å². The molecule has 0 heterocycles. The molecule has 0 aliphatic carbocycles. The van der Waals surface area contributed by atoms with Crippen LogP contribution in [0.2, 0.25) is 0 Å². The lowest BCUT2D eigenvalue weighted by Gasteiger charge is -2.20. The number of hydrazine groups is 1. The molecule has 0 aromatic heterocycles. The summed E-state index contributed by atoms with van der Waals surface area (Å²) in [5.74, 6) is -2.15. The minimum atomic E-state index is -5.04. The van der Waals surface area contributed by atoms with Crippen LogP contribution in [0, 0.1) is 11.5 Å². The van der Waals surface area contributed by atoms with Gasteiger partial charge in [-0.1, -0.05) is 18.2 Å². The number of nitriles is 1. The summed E-state index contributed by atoms with van der Waals surface area (Å²) in [6.45, 7) is 0. The van der Waals surface area contributed by atoms with E-state index in [1.54, 1.807) is 11.5 Å². The topological polar surface area (TPSA) is 56.1 Å². The summed E-state index contributed by atoms with van der Waals surface area (Å²) in [4.78, 5) is 10.9. The number of carbonyl (C=O) groups excluding carboxylic acids is 1. The fourth-order valence-electron chi connectivity index (χ4n) is 0.986. The van der Waals surface area contributed by atoms with Crippen LogP contribution in [0.3, 0.4) is 0 Å². The van der Waals surface area contributed by atoms with Gasteiger partial charge in [0, 0.05) is 0 Å². The number of para-hydroxylation sites is 1. The second-order valence-electron chi connectivity index (χ2n) is 2.70. The van der Waals surface area contributed by atoms with Gasteiger partial charge in [0.25, 0.3) is 0 Å². The number of nitrogens with one attached hydrogen (secondary N) is 1. The van der Waals surface area contributed by atoms with Crippen molar-refractivity contribution >= 4 is 11.6 Å². The fourth-order valence-corrected chi connectivity index (χ4v) is 0.986. The van der Waals surface area contributed by atoms with Crippen molar-refractivity contribution in [3.8, 4) is 6.19 Å². The molecule has 0 bridgehead atoms. The molecular weight excluding hydrogens is 223 g/mol. The molecule has 1 rings (SSSR count). The largest absolute Gasteiger partial charge is 0.473 e. The van der Waals surface area contributed by atoms with E-state index in [9.17, 15) is 18.0 Å². The van der Waals surface area contributed by atoms with Gasteiger partial charge in [0.1, 0.15) is 0 Å². The monoisotopic (exact) mass is 229 g/mol. The first kappa shape index (κ1) is 11.8. The van der Waals surface area contributed by atoms with Crippen LogP contribution < -0.4 is 10.4 Å². The Hall–Kier alpha value is -2.23. The summed E-state index contributed by atoms with van der Waals surface area (Å²) < 4.78 is 36.5. The smallest absolute Gasteiger partial charge is 0.262 e. The first-order chi connectivity index (χ1) is 7.46. The molecule has 0 spiro atoms. The molecule has 7 heteroatoms. The molecule has 1 N–H and O–H groups in total. The fraction of sp³-hybridized carbons (Fsp3) is 0.111. The third kappa shape index (κ3) is 2.63. The number of hydrogen-bond acceptors (Lipinski definition) is 3. The highest BCUT2D eigenvalue weighted by Gasteiger charge is 2.43. The Bertz CT molecular complexity index is 410. The third-order valence-corrected chi connectivity index (χ3v) is 1.62. The summed E-state index contributed by atoms with van der Waals surface area (Å²) in [6.07, 6.45) is -3.77. The Kier molecular flexibility index (Phi) is 3.35. The van der Waals surface area contributed by atoms with Crippen molar-refractivity contribution in [3.05, 3.63) is 30.3 Å². The minimum absolute atomic E-state index is 0.0635. The lowest BCUT2D eigenvalue weighted by molar-refractivity contribution is -0.170. The van der Waals surface area contributed by atoms with Gasteiger partial charge in [0.05, 0.1) is 5.69 Å². The van der Waals surface area contributed by atoms with Crippen LogP contribution in [0.5, 0.6) is 0 Å². The lowest BCUT2D eigenvalue weighted by Crippen LogP contribution is -2.47. The van der Waals surface area contributed by atoms with E-state index < -0.39 is 12.1 Å². The number of hydrogen-bond donors (Lipinski definition) is 1. The van der Waals surface area contributed by atoms with Crippen molar-refractivity contribution in [1.82, 2.24) is 5.43 Å². The molecule has 0 aliphatic heterocycles. The number of anilines is 1. The van der Waals surface area contributed by atoms with Crippen LogP contribution in [0.1, 0.15) is 0 Å². The van der Waals surface area contributed by atoms with Crippen LogP contribution >= 0.6 is 0 Å². The molecule has 0 saturated heterocycles. The molecule has 0 fully saturated rings. The molecule has 0 saturated carbocycles. The summed E-state index contributed by atoms with van der Waals surface area (Å²) in [6, 6.07) is 7.02. The van der Waals surface area contributed by atoms with E-state index in [1.165, 1.54) is 30.5 Å². The molecule has 84 valence electrons. The Balaban J connectivity index is 3.02.